The van der Waals surface area contributed by atoms with E-state index in [1.165, 1.54) is 6.07 Å². The van der Waals surface area contributed by atoms with E-state index in [2.05, 4.69) is 5.16 Å². The molecule has 0 radical (unpaired) electrons. The van der Waals surface area contributed by atoms with Crippen LogP contribution in [0.4, 0.5) is 10.3 Å². The van der Waals surface area contributed by atoms with E-state index in [-0.39, 0.29) is 17.6 Å². The minimum absolute atomic E-state index is 0.0784. The van der Waals surface area contributed by atoms with Gasteiger partial charge in [0.25, 0.3) is 0 Å². The van der Waals surface area contributed by atoms with Crippen molar-refractivity contribution in [2.24, 2.45) is 0 Å². The Bertz CT molecular complexity index is 752. The smallest absolute Gasteiger partial charge is 0.222 e. The van der Waals surface area contributed by atoms with Crippen LogP contribution in [0.1, 0.15) is 24.1 Å². The Hall–Kier alpha value is -2.62. The fraction of sp³-hybridized carbons (Fsp3) is 0.118. The molecular weight excluding hydrogens is 267 g/mol. The zero-order chi connectivity index (χ0) is 14.8. The Morgan fingerprint density at radius 3 is 2.48 bits per heavy atom. The molecule has 0 saturated carbocycles. The quantitative estimate of drug-likeness (QED) is 0.782. The van der Waals surface area contributed by atoms with Gasteiger partial charge in [0, 0.05) is 17.5 Å². The van der Waals surface area contributed by atoms with E-state index in [9.17, 15) is 4.39 Å². The highest BCUT2D eigenvalue weighted by Crippen LogP contribution is 2.29. The fourth-order valence-electron chi connectivity index (χ4n) is 2.33. The molecule has 3 rings (SSSR count). The van der Waals surface area contributed by atoms with Crippen LogP contribution in [0.2, 0.25) is 0 Å². The number of hydrogen-bond acceptors (Lipinski definition) is 3. The molecule has 0 aliphatic rings. The largest absolute Gasteiger partial charge is 0.368 e. The second kappa shape index (κ2) is 5.40. The van der Waals surface area contributed by atoms with Gasteiger partial charge in [0.15, 0.2) is 0 Å². The van der Waals surface area contributed by atoms with E-state index < -0.39 is 0 Å². The second-order valence-electron chi connectivity index (χ2n) is 4.98. The molecule has 21 heavy (non-hydrogen) atoms. The monoisotopic (exact) mass is 282 g/mol. The van der Waals surface area contributed by atoms with Gasteiger partial charge in [-0.05, 0) is 17.2 Å². The SMILES string of the molecule is C[C@@H](c1ccc(-c2ccccc2)c(F)c1)c1cc(N)on1. The Morgan fingerprint density at radius 2 is 1.86 bits per heavy atom. The van der Waals surface area contributed by atoms with Crippen molar-refractivity contribution in [3.05, 3.63) is 71.7 Å². The highest BCUT2D eigenvalue weighted by atomic mass is 19.1. The number of hydrogen-bond donors (Lipinski definition) is 1. The first-order valence-corrected chi connectivity index (χ1v) is 6.72. The summed E-state index contributed by atoms with van der Waals surface area (Å²) in [6.07, 6.45) is 0. The molecule has 2 aromatic carbocycles. The molecular formula is C17H15FN2O. The molecule has 0 spiro atoms. The van der Waals surface area contributed by atoms with Crippen molar-refractivity contribution in [3.8, 4) is 11.1 Å². The third-order valence-electron chi connectivity index (χ3n) is 3.57. The van der Waals surface area contributed by atoms with Gasteiger partial charge in [-0.15, -0.1) is 0 Å². The molecule has 0 aliphatic carbocycles. The highest BCUT2D eigenvalue weighted by molar-refractivity contribution is 5.64. The zero-order valence-corrected chi connectivity index (χ0v) is 11.6. The summed E-state index contributed by atoms with van der Waals surface area (Å²) >= 11 is 0. The molecule has 0 unspecified atom stereocenters. The molecule has 1 heterocycles. The summed E-state index contributed by atoms with van der Waals surface area (Å²) in [6, 6.07) is 16.4. The van der Waals surface area contributed by atoms with Crippen LogP contribution in [0.15, 0.2) is 59.1 Å². The van der Waals surface area contributed by atoms with Gasteiger partial charge in [-0.1, -0.05) is 54.5 Å². The molecule has 3 aromatic rings. The fourth-order valence-corrected chi connectivity index (χ4v) is 2.33. The van der Waals surface area contributed by atoms with Crippen molar-refractivity contribution in [3.63, 3.8) is 0 Å². The predicted octanol–water partition coefficient (Wildman–Crippen LogP) is 4.21. The summed E-state index contributed by atoms with van der Waals surface area (Å²) in [5.74, 6) is -0.0642. The van der Waals surface area contributed by atoms with Crippen LogP contribution in [-0.4, -0.2) is 5.16 Å². The first-order valence-electron chi connectivity index (χ1n) is 6.72. The summed E-state index contributed by atoms with van der Waals surface area (Å²) in [6.45, 7) is 1.94. The first kappa shape index (κ1) is 13.4. The van der Waals surface area contributed by atoms with E-state index in [1.54, 1.807) is 12.1 Å². The Kier molecular flexibility index (Phi) is 3.44. The number of nitrogens with zero attached hydrogens (tertiary/aromatic N) is 1. The number of nitrogen functional groups attached to an aromatic ring is 1. The summed E-state index contributed by atoms with van der Waals surface area (Å²) in [5, 5.41) is 3.88. The lowest BCUT2D eigenvalue weighted by molar-refractivity contribution is 0.425. The standard InChI is InChI=1S/C17H15FN2O/c1-11(16-10-17(19)21-20-16)13-7-8-14(15(18)9-13)12-5-3-2-4-6-12/h2-11H,19H2,1H3/t11-/m0/s1. The van der Waals surface area contributed by atoms with Crippen LogP contribution in [0, 0.1) is 5.82 Å². The van der Waals surface area contributed by atoms with Crippen LogP contribution < -0.4 is 5.73 Å². The number of nitrogens with two attached hydrogens (primary N) is 1. The maximum Gasteiger partial charge on any atom is 0.222 e. The van der Waals surface area contributed by atoms with Gasteiger partial charge in [0.2, 0.25) is 5.88 Å². The third-order valence-corrected chi connectivity index (χ3v) is 3.57. The average molecular weight is 282 g/mol. The molecule has 0 aliphatic heterocycles. The Labute approximate surface area is 122 Å². The van der Waals surface area contributed by atoms with Crippen LogP contribution in [0.25, 0.3) is 11.1 Å². The van der Waals surface area contributed by atoms with E-state index in [1.807, 2.05) is 43.3 Å². The second-order valence-corrected chi connectivity index (χ2v) is 4.98. The minimum Gasteiger partial charge on any atom is -0.368 e. The Morgan fingerprint density at radius 1 is 1.10 bits per heavy atom. The van der Waals surface area contributed by atoms with E-state index in [0.29, 0.717) is 11.3 Å². The molecule has 3 nitrogen and oxygen atoms in total. The van der Waals surface area contributed by atoms with E-state index in [4.69, 9.17) is 10.3 Å². The van der Waals surface area contributed by atoms with Gasteiger partial charge in [-0.25, -0.2) is 4.39 Å². The molecule has 2 N–H and O–H groups in total. The maximum absolute atomic E-state index is 14.3. The van der Waals surface area contributed by atoms with Crippen molar-refractivity contribution in [2.45, 2.75) is 12.8 Å². The van der Waals surface area contributed by atoms with Crippen LogP contribution >= 0.6 is 0 Å². The van der Waals surface area contributed by atoms with E-state index >= 15 is 0 Å². The average Bonchev–Trinajstić information content (AvgIpc) is 2.94. The number of halogens is 1. The summed E-state index contributed by atoms with van der Waals surface area (Å²) < 4.78 is 19.2. The van der Waals surface area contributed by atoms with Crippen molar-refractivity contribution < 1.29 is 8.91 Å². The van der Waals surface area contributed by atoms with E-state index in [0.717, 1.165) is 11.1 Å². The lowest BCUT2D eigenvalue weighted by Gasteiger charge is -2.11. The van der Waals surface area contributed by atoms with Crippen LogP contribution in [0.3, 0.4) is 0 Å². The van der Waals surface area contributed by atoms with Gasteiger partial charge in [0.1, 0.15) is 5.82 Å². The topological polar surface area (TPSA) is 52.0 Å². The van der Waals surface area contributed by atoms with Crippen molar-refractivity contribution in [1.82, 2.24) is 5.16 Å². The van der Waals surface area contributed by atoms with Crippen LogP contribution in [-0.2, 0) is 0 Å². The van der Waals surface area contributed by atoms with Crippen molar-refractivity contribution in [1.29, 1.82) is 0 Å². The summed E-state index contributed by atoms with van der Waals surface area (Å²) in [4.78, 5) is 0. The number of benzene rings is 2. The molecule has 0 amide bonds. The first-order chi connectivity index (χ1) is 10.1. The lowest BCUT2D eigenvalue weighted by Crippen LogP contribution is -1.98. The van der Waals surface area contributed by atoms with Crippen LogP contribution in [0.5, 0.6) is 0 Å². The Balaban J connectivity index is 1.94. The van der Waals surface area contributed by atoms with Gasteiger partial charge in [-0.3, -0.25) is 0 Å². The molecule has 106 valence electrons. The summed E-state index contributed by atoms with van der Waals surface area (Å²) in [7, 11) is 0. The van der Waals surface area contributed by atoms with Crippen molar-refractivity contribution >= 4 is 5.88 Å². The molecule has 0 fully saturated rings. The maximum atomic E-state index is 14.3. The molecule has 4 heteroatoms. The predicted molar refractivity (Wildman–Crippen MR) is 80.3 cm³/mol. The summed E-state index contributed by atoms with van der Waals surface area (Å²) in [5.41, 5.74) is 8.50. The lowest BCUT2D eigenvalue weighted by atomic mass is 9.95. The number of rotatable bonds is 3. The van der Waals surface area contributed by atoms with Gasteiger partial charge < -0.3 is 10.3 Å². The molecule has 0 bridgehead atoms. The number of anilines is 1. The highest BCUT2D eigenvalue weighted by Gasteiger charge is 2.15. The third kappa shape index (κ3) is 2.65. The zero-order valence-electron chi connectivity index (χ0n) is 11.6. The molecule has 0 saturated heterocycles. The normalized spacial score (nSPS) is 12.3. The van der Waals surface area contributed by atoms with Crippen molar-refractivity contribution in [2.75, 3.05) is 5.73 Å². The molecule has 1 aromatic heterocycles. The van der Waals surface area contributed by atoms with Gasteiger partial charge in [-0.2, -0.15) is 0 Å². The van der Waals surface area contributed by atoms with Gasteiger partial charge in [0.05, 0.1) is 5.69 Å². The van der Waals surface area contributed by atoms with Gasteiger partial charge >= 0.3 is 0 Å². The minimum atomic E-state index is -0.248. The molecule has 1 atom stereocenters. The number of aromatic nitrogens is 1.